The van der Waals surface area contributed by atoms with E-state index in [9.17, 15) is 4.79 Å². The quantitative estimate of drug-likeness (QED) is 0.691. The van der Waals surface area contributed by atoms with Crippen LogP contribution in [0, 0.1) is 0 Å². The number of fused-ring (bicyclic) bond motifs is 1. The molecule has 0 aliphatic carbocycles. The van der Waals surface area contributed by atoms with Crippen LogP contribution in [0.4, 0.5) is 5.69 Å². The van der Waals surface area contributed by atoms with Crippen LogP contribution in [0.25, 0.3) is 0 Å². The molecule has 8 heteroatoms. The second-order valence-electron chi connectivity index (χ2n) is 6.50. The third kappa shape index (κ3) is 4.26. The highest BCUT2D eigenvalue weighted by molar-refractivity contribution is 6.04. The highest BCUT2D eigenvalue weighted by Gasteiger charge is 2.21. The number of amides is 1. The highest BCUT2D eigenvalue weighted by atomic mass is 16.6. The summed E-state index contributed by atoms with van der Waals surface area (Å²) >= 11 is 0. The van der Waals surface area contributed by atoms with Crippen LogP contribution in [0.3, 0.4) is 0 Å². The molecule has 2 aromatic carbocycles. The lowest BCUT2D eigenvalue weighted by Gasteiger charge is -2.26. The van der Waals surface area contributed by atoms with E-state index in [1.807, 2.05) is 24.3 Å². The van der Waals surface area contributed by atoms with Gasteiger partial charge in [0.1, 0.15) is 18.1 Å². The van der Waals surface area contributed by atoms with Gasteiger partial charge in [0.15, 0.2) is 17.6 Å². The van der Waals surface area contributed by atoms with Crippen LogP contribution in [-0.4, -0.2) is 42.6 Å². The zero-order valence-corrected chi connectivity index (χ0v) is 16.1. The third-order valence-electron chi connectivity index (χ3n) is 4.46. The van der Waals surface area contributed by atoms with E-state index in [1.165, 1.54) is 14.2 Å². The van der Waals surface area contributed by atoms with Crippen LogP contribution in [-0.2, 0) is 6.54 Å². The van der Waals surface area contributed by atoms with Gasteiger partial charge >= 0.3 is 0 Å². The number of carbonyl (C=O) groups excluding carboxylic acids is 1. The van der Waals surface area contributed by atoms with E-state index in [0.717, 1.165) is 11.5 Å². The molecule has 1 aromatic heterocycles. The van der Waals surface area contributed by atoms with Gasteiger partial charge in [0.05, 0.1) is 32.6 Å². The Labute approximate surface area is 168 Å². The lowest BCUT2D eigenvalue weighted by Crippen LogP contribution is -2.33. The predicted octanol–water partition coefficient (Wildman–Crippen LogP) is 2.99. The maximum absolute atomic E-state index is 12.6. The van der Waals surface area contributed by atoms with Crippen LogP contribution in [0.15, 0.2) is 54.9 Å². The van der Waals surface area contributed by atoms with E-state index in [4.69, 9.17) is 18.9 Å². The number of carbonyl (C=O) groups is 1. The Bertz CT molecular complexity index is 995. The van der Waals surface area contributed by atoms with Gasteiger partial charge in [-0.1, -0.05) is 12.1 Å². The van der Waals surface area contributed by atoms with Crippen molar-refractivity contribution in [2.45, 2.75) is 12.6 Å². The van der Waals surface area contributed by atoms with E-state index in [0.29, 0.717) is 35.9 Å². The van der Waals surface area contributed by atoms with Crippen molar-refractivity contribution in [2.75, 3.05) is 26.1 Å². The first-order valence-corrected chi connectivity index (χ1v) is 9.10. The molecule has 1 aliphatic heterocycles. The van der Waals surface area contributed by atoms with E-state index in [2.05, 4.69) is 10.4 Å². The first-order chi connectivity index (χ1) is 14.1. The van der Waals surface area contributed by atoms with Gasteiger partial charge in [0.25, 0.3) is 5.91 Å². The van der Waals surface area contributed by atoms with Crippen LogP contribution >= 0.6 is 0 Å². The average Bonchev–Trinajstić information content (AvgIpc) is 3.19. The number of anilines is 1. The van der Waals surface area contributed by atoms with Crippen molar-refractivity contribution in [1.29, 1.82) is 0 Å². The zero-order chi connectivity index (χ0) is 20.2. The molecule has 29 heavy (non-hydrogen) atoms. The maximum Gasteiger partial charge on any atom is 0.256 e. The second kappa shape index (κ2) is 8.14. The molecule has 4 rings (SSSR count). The maximum atomic E-state index is 12.6. The number of hydrogen-bond acceptors (Lipinski definition) is 6. The summed E-state index contributed by atoms with van der Waals surface area (Å²) < 4.78 is 23.8. The van der Waals surface area contributed by atoms with Gasteiger partial charge in [0.2, 0.25) is 0 Å². The van der Waals surface area contributed by atoms with E-state index >= 15 is 0 Å². The minimum absolute atomic E-state index is 0.170. The fourth-order valence-corrected chi connectivity index (χ4v) is 3.03. The molecule has 0 spiro atoms. The summed E-state index contributed by atoms with van der Waals surface area (Å²) in [6, 6.07) is 12.6. The molecule has 0 saturated heterocycles. The first kappa shape index (κ1) is 18.7. The fraction of sp³-hybridized carbons (Fsp3) is 0.238. The van der Waals surface area contributed by atoms with Gasteiger partial charge in [-0.05, 0) is 24.3 Å². The van der Waals surface area contributed by atoms with Crippen molar-refractivity contribution in [3.05, 3.63) is 60.4 Å². The summed E-state index contributed by atoms with van der Waals surface area (Å²) in [5.41, 5.74) is 1.00. The summed E-state index contributed by atoms with van der Waals surface area (Å²) in [4.78, 5) is 12.6. The largest absolute Gasteiger partial charge is 0.497 e. The number of rotatable bonds is 6. The zero-order valence-electron chi connectivity index (χ0n) is 16.1. The molecule has 1 unspecified atom stereocenters. The number of benzene rings is 2. The number of ether oxygens (including phenoxy) is 4. The SMILES string of the molecule is COc1cc(OC)cc(C(=O)Nc2cnn(CC3COc4ccccc4O3)c2)c1. The Kier molecular flexibility index (Phi) is 5.24. The molecule has 0 radical (unpaired) electrons. The van der Waals surface area contributed by atoms with E-state index in [-0.39, 0.29) is 12.0 Å². The monoisotopic (exact) mass is 395 g/mol. The molecule has 150 valence electrons. The second-order valence-corrected chi connectivity index (χ2v) is 6.50. The lowest BCUT2D eigenvalue weighted by molar-refractivity contribution is 0.0759. The van der Waals surface area contributed by atoms with Crippen molar-refractivity contribution in [3.8, 4) is 23.0 Å². The molecule has 8 nitrogen and oxygen atoms in total. The number of hydrogen-bond donors (Lipinski definition) is 1. The van der Waals surface area contributed by atoms with Crippen LogP contribution < -0.4 is 24.3 Å². The number of nitrogens with one attached hydrogen (secondary N) is 1. The molecule has 0 fully saturated rings. The number of methoxy groups -OCH3 is 2. The standard InChI is InChI=1S/C21H21N3O5/c1-26-16-7-14(8-17(9-16)27-2)21(25)23-15-10-22-24(11-15)12-18-13-28-19-5-3-4-6-20(19)29-18/h3-11,18H,12-13H2,1-2H3,(H,23,25). The minimum Gasteiger partial charge on any atom is -0.497 e. The summed E-state index contributed by atoms with van der Waals surface area (Å²) in [5.74, 6) is 2.26. The summed E-state index contributed by atoms with van der Waals surface area (Å²) in [6.45, 7) is 0.930. The predicted molar refractivity (Wildman–Crippen MR) is 106 cm³/mol. The molecule has 1 amide bonds. The molecule has 2 heterocycles. The normalized spacial score (nSPS) is 14.9. The van der Waals surface area contributed by atoms with Gasteiger partial charge in [-0.3, -0.25) is 9.48 Å². The number of nitrogens with zero attached hydrogens (tertiary/aromatic N) is 2. The minimum atomic E-state index is -0.284. The van der Waals surface area contributed by atoms with E-state index in [1.54, 1.807) is 35.3 Å². The van der Waals surface area contributed by atoms with Crippen molar-refractivity contribution >= 4 is 11.6 Å². The average molecular weight is 395 g/mol. The molecule has 0 bridgehead atoms. The highest BCUT2D eigenvalue weighted by Crippen LogP contribution is 2.31. The Morgan fingerprint density at radius 1 is 1.17 bits per heavy atom. The van der Waals surface area contributed by atoms with Crippen molar-refractivity contribution in [2.24, 2.45) is 0 Å². The summed E-state index contributed by atoms with van der Waals surface area (Å²) in [7, 11) is 3.08. The molecule has 1 N–H and O–H groups in total. The van der Waals surface area contributed by atoms with Crippen molar-refractivity contribution in [1.82, 2.24) is 9.78 Å². The van der Waals surface area contributed by atoms with Crippen molar-refractivity contribution in [3.63, 3.8) is 0 Å². The lowest BCUT2D eigenvalue weighted by atomic mass is 10.2. The Morgan fingerprint density at radius 2 is 1.90 bits per heavy atom. The smallest absolute Gasteiger partial charge is 0.256 e. The molecule has 1 atom stereocenters. The molecule has 0 saturated carbocycles. The Morgan fingerprint density at radius 3 is 2.62 bits per heavy atom. The molecular formula is C21H21N3O5. The molecule has 3 aromatic rings. The van der Waals surface area contributed by atoms with Gasteiger partial charge in [-0.25, -0.2) is 0 Å². The number of aromatic nitrogens is 2. The van der Waals surface area contributed by atoms with Gasteiger partial charge in [-0.15, -0.1) is 0 Å². The van der Waals surface area contributed by atoms with Crippen LogP contribution in [0.2, 0.25) is 0 Å². The number of para-hydroxylation sites is 2. The van der Waals surface area contributed by atoms with Crippen LogP contribution in [0.5, 0.6) is 23.0 Å². The van der Waals surface area contributed by atoms with Gasteiger partial charge in [0, 0.05) is 17.8 Å². The third-order valence-corrected chi connectivity index (χ3v) is 4.46. The molecular weight excluding hydrogens is 374 g/mol. The van der Waals surface area contributed by atoms with Gasteiger partial charge < -0.3 is 24.3 Å². The summed E-state index contributed by atoms with van der Waals surface area (Å²) in [6.07, 6.45) is 3.17. The van der Waals surface area contributed by atoms with Crippen molar-refractivity contribution < 1.29 is 23.7 Å². The Hall–Kier alpha value is -3.68. The summed E-state index contributed by atoms with van der Waals surface area (Å²) in [5, 5.41) is 7.13. The van der Waals surface area contributed by atoms with Gasteiger partial charge in [-0.2, -0.15) is 5.10 Å². The fourth-order valence-electron chi connectivity index (χ4n) is 3.03. The Balaban J connectivity index is 1.40. The van der Waals surface area contributed by atoms with E-state index < -0.39 is 0 Å². The topological polar surface area (TPSA) is 83.8 Å². The first-order valence-electron chi connectivity index (χ1n) is 9.10. The van der Waals surface area contributed by atoms with Crippen LogP contribution in [0.1, 0.15) is 10.4 Å². The molecule has 1 aliphatic rings.